The predicted molar refractivity (Wildman–Crippen MR) is 90.3 cm³/mol. The Bertz CT molecular complexity index is 798. The lowest BCUT2D eigenvalue weighted by Gasteiger charge is -2.34. The molecule has 0 spiro atoms. The molecule has 27 heavy (non-hydrogen) atoms. The van der Waals surface area contributed by atoms with Gasteiger partial charge in [0.15, 0.2) is 6.61 Å². The van der Waals surface area contributed by atoms with Crippen LogP contribution in [0, 0.1) is 0 Å². The number of hydrogen-bond acceptors (Lipinski definition) is 7. The molecular weight excluding hydrogens is 360 g/mol. The zero-order chi connectivity index (χ0) is 19.2. The molecule has 2 aromatic heterocycles. The van der Waals surface area contributed by atoms with Crippen LogP contribution in [0.2, 0.25) is 0 Å². The maximum Gasteiger partial charge on any atom is 0.357 e. The first-order chi connectivity index (χ1) is 13.0. The number of piperazine rings is 1. The standard InChI is InChI=1S/C17H17F2N5O3/c18-15(19)12-3-1-4-13(22-12)16(26)27-11-14(25)23-7-9-24(10-8-23)17-20-5-2-6-21-17/h1-6,15H,7-11H2. The van der Waals surface area contributed by atoms with Gasteiger partial charge < -0.3 is 14.5 Å². The van der Waals surface area contributed by atoms with Crippen molar-refractivity contribution in [3.63, 3.8) is 0 Å². The molecule has 0 aromatic carbocycles. The minimum atomic E-state index is -2.79. The van der Waals surface area contributed by atoms with Crippen LogP contribution < -0.4 is 4.90 Å². The average Bonchev–Trinajstić information content (AvgIpc) is 2.72. The van der Waals surface area contributed by atoms with Crippen LogP contribution >= 0.6 is 0 Å². The van der Waals surface area contributed by atoms with E-state index in [4.69, 9.17) is 4.74 Å². The second-order valence-electron chi connectivity index (χ2n) is 5.74. The molecular formula is C17H17F2N5O3. The third kappa shape index (κ3) is 4.72. The molecule has 142 valence electrons. The van der Waals surface area contributed by atoms with E-state index in [0.29, 0.717) is 32.1 Å². The van der Waals surface area contributed by atoms with Crippen molar-refractivity contribution in [1.82, 2.24) is 19.9 Å². The van der Waals surface area contributed by atoms with Crippen molar-refractivity contribution < 1.29 is 23.1 Å². The topological polar surface area (TPSA) is 88.5 Å². The summed E-state index contributed by atoms with van der Waals surface area (Å²) >= 11 is 0. The van der Waals surface area contributed by atoms with Gasteiger partial charge in [0.1, 0.15) is 11.4 Å². The number of anilines is 1. The summed E-state index contributed by atoms with van der Waals surface area (Å²) in [6.45, 7) is 1.52. The fraction of sp³-hybridized carbons (Fsp3) is 0.353. The Labute approximate surface area is 153 Å². The van der Waals surface area contributed by atoms with Gasteiger partial charge in [-0.05, 0) is 18.2 Å². The van der Waals surface area contributed by atoms with Gasteiger partial charge in [-0.1, -0.05) is 6.07 Å². The van der Waals surface area contributed by atoms with Crippen LogP contribution in [-0.4, -0.2) is 64.5 Å². The molecule has 0 saturated carbocycles. The van der Waals surface area contributed by atoms with Gasteiger partial charge in [0.25, 0.3) is 12.3 Å². The lowest BCUT2D eigenvalue weighted by Crippen LogP contribution is -2.50. The predicted octanol–water partition coefficient (Wildman–Crippen LogP) is 1.31. The highest BCUT2D eigenvalue weighted by Gasteiger charge is 2.23. The number of rotatable bonds is 5. The minimum absolute atomic E-state index is 0.258. The summed E-state index contributed by atoms with van der Waals surface area (Å²) in [6, 6.07) is 5.39. The van der Waals surface area contributed by atoms with Crippen molar-refractivity contribution in [3.05, 3.63) is 48.0 Å². The molecule has 0 unspecified atom stereocenters. The second-order valence-corrected chi connectivity index (χ2v) is 5.74. The van der Waals surface area contributed by atoms with E-state index in [1.165, 1.54) is 12.1 Å². The van der Waals surface area contributed by atoms with Gasteiger partial charge in [0.05, 0.1) is 0 Å². The fourth-order valence-corrected chi connectivity index (χ4v) is 2.59. The molecule has 0 N–H and O–H groups in total. The molecule has 0 aliphatic carbocycles. The third-order valence-electron chi connectivity index (χ3n) is 4.00. The monoisotopic (exact) mass is 377 g/mol. The number of alkyl halides is 2. The highest BCUT2D eigenvalue weighted by molar-refractivity contribution is 5.89. The quantitative estimate of drug-likeness (QED) is 0.726. The molecule has 0 bridgehead atoms. The summed E-state index contributed by atoms with van der Waals surface area (Å²) in [7, 11) is 0. The fourth-order valence-electron chi connectivity index (χ4n) is 2.59. The first kappa shape index (κ1) is 18.6. The molecule has 0 atom stereocenters. The summed E-state index contributed by atoms with van der Waals surface area (Å²) < 4.78 is 30.2. The number of ether oxygens (including phenoxy) is 1. The van der Waals surface area contributed by atoms with Gasteiger partial charge in [0.2, 0.25) is 5.95 Å². The zero-order valence-electron chi connectivity index (χ0n) is 14.3. The van der Waals surface area contributed by atoms with Crippen molar-refractivity contribution >= 4 is 17.8 Å². The van der Waals surface area contributed by atoms with Gasteiger partial charge in [-0.3, -0.25) is 4.79 Å². The Balaban J connectivity index is 1.48. The summed E-state index contributed by atoms with van der Waals surface area (Å²) in [5.74, 6) is -0.676. The molecule has 0 radical (unpaired) electrons. The zero-order valence-corrected chi connectivity index (χ0v) is 14.3. The normalized spacial score (nSPS) is 14.3. The van der Waals surface area contributed by atoms with E-state index >= 15 is 0 Å². The number of aromatic nitrogens is 3. The smallest absolute Gasteiger partial charge is 0.357 e. The Kier molecular flexibility index (Phi) is 5.84. The number of carbonyl (C=O) groups excluding carboxylic acids is 2. The van der Waals surface area contributed by atoms with Crippen molar-refractivity contribution in [3.8, 4) is 0 Å². The van der Waals surface area contributed by atoms with E-state index in [1.54, 1.807) is 23.4 Å². The Morgan fingerprint density at radius 3 is 2.44 bits per heavy atom. The van der Waals surface area contributed by atoms with Crippen molar-refractivity contribution in [2.45, 2.75) is 6.43 Å². The summed E-state index contributed by atoms with van der Waals surface area (Å²) in [6.07, 6.45) is 0.511. The Morgan fingerprint density at radius 2 is 1.78 bits per heavy atom. The van der Waals surface area contributed by atoms with E-state index < -0.39 is 24.7 Å². The second kappa shape index (κ2) is 8.47. The van der Waals surface area contributed by atoms with E-state index in [0.717, 1.165) is 6.07 Å². The van der Waals surface area contributed by atoms with Crippen LogP contribution in [0.5, 0.6) is 0 Å². The third-order valence-corrected chi connectivity index (χ3v) is 4.00. The van der Waals surface area contributed by atoms with Crippen LogP contribution in [0.3, 0.4) is 0 Å². The first-order valence-electron chi connectivity index (χ1n) is 8.26. The number of esters is 1. The summed E-state index contributed by atoms with van der Waals surface area (Å²) in [5.41, 5.74) is -0.776. The van der Waals surface area contributed by atoms with Gasteiger partial charge in [0, 0.05) is 38.6 Å². The number of amides is 1. The average molecular weight is 377 g/mol. The lowest BCUT2D eigenvalue weighted by atomic mass is 10.3. The van der Waals surface area contributed by atoms with Crippen LogP contribution in [-0.2, 0) is 9.53 Å². The van der Waals surface area contributed by atoms with Gasteiger partial charge in [-0.25, -0.2) is 28.5 Å². The lowest BCUT2D eigenvalue weighted by molar-refractivity contribution is -0.134. The van der Waals surface area contributed by atoms with Crippen molar-refractivity contribution in [2.24, 2.45) is 0 Å². The molecule has 2 aromatic rings. The van der Waals surface area contributed by atoms with Crippen LogP contribution in [0.25, 0.3) is 0 Å². The van der Waals surface area contributed by atoms with Crippen molar-refractivity contribution in [1.29, 1.82) is 0 Å². The van der Waals surface area contributed by atoms with Gasteiger partial charge in [-0.2, -0.15) is 0 Å². The van der Waals surface area contributed by atoms with Gasteiger partial charge >= 0.3 is 5.97 Å². The molecule has 1 amide bonds. The number of nitrogens with zero attached hydrogens (tertiary/aromatic N) is 5. The largest absolute Gasteiger partial charge is 0.451 e. The van der Waals surface area contributed by atoms with E-state index in [9.17, 15) is 18.4 Å². The summed E-state index contributed by atoms with van der Waals surface area (Å²) in [4.78, 5) is 39.5. The van der Waals surface area contributed by atoms with E-state index in [1.807, 2.05) is 4.90 Å². The van der Waals surface area contributed by atoms with Crippen LogP contribution in [0.15, 0.2) is 36.7 Å². The Hall–Kier alpha value is -3.17. The maximum atomic E-state index is 12.6. The van der Waals surface area contributed by atoms with E-state index in [-0.39, 0.29) is 11.6 Å². The number of halogens is 2. The maximum absolute atomic E-state index is 12.6. The van der Waals surface area contributed by atoms with Crippen molar-refractivity contribution in [2.75, 3.05) is 37.7 Å². The molecule has 1 aliphatic rings. The molecule has 1 aliphatic heterocycles. The first-order valence-corrected chi connectivity index (χ1v) is 8.26. The van der Waals surface area contributed by atoms with Crippen LogP contribution in [0.1, 0.15) is 22.6 Å². The molecule has 1 saturated heterocycles. The molecule has 3 heterocycles. The molecule has 8 nitrogen and oxygen atoms in total. The van der Waals surface area contributed by atoms with E-state index in [2.05, 4.69) is 15.0 Å². The van der Waals surface area contributed by atoms with Crippen LogP contribution in [0.4, 0.5) is 14.7 Å². The molecule has 3 rings (SSSR count). The molecule has 10 heteroatoms. The highest BCUT2D eigenvalue weighted by Crippen LogP contribution is 2.16. The number of pyridine rings is 1. The van der Waals surface area contributed by atoms with Gasteiger partial charge in [-0.15, -0.1) is 0 Å². The Morgan fingerprint density at radius 1 is 1.07 bits per heavy atom. The minimum Gasteiger partial charge on any atom is -0.451 e. The highest BCUT2D eigenvalue weighted by atomic mass is 19.3. The SMILES string of the molecule is O=C(OCC(=O)N1CCN(c2ncccn2)CC1)c1cccc(C(F)F)n1. The summed E-state index contributed by atoms with van der Waals surface area (Å²) in [5, 5.41) is 0. The molecule has 1 fully saturated rings. The number of carbonyl (C=O) groups is 2. The number of hydrogen-bond donors (Lipinski definition) is 0.